The molecule has 17 heavy (non-hydrogen) atoms. The van der Waals surface area contributed by atoms with Gasteiger partial charge >= 0.3 is 0 Å². The number of rotatable bonds is 3. The monoisotopic (exact) mass is 344 g/mol. The number of amides is 1. The second-order valence-electron chi connectivity index (χ2n) is 4.53. The van der Waals surface area contributed by atoms with E-state index in [1.54, 1.807) is 12.4 Å². The fourth-order valence-electron chi connectivity index (χ4n) is 2.26. The molecule has 1 amide bonds. The van der Waals surface area contributed by atoms with Crippen LogP contribution in [0.3, 0.4) is 0 Å². The Morgan fingerprint density at radius 3 is 2.82 bits per heavy atom. The summed E-state index contributed by atoms with van der Waals surface area (Å²) in [7, 11) is 0. The topological polar surface area (TPSA) is 33.2 Å². The third-order valence-electron chi connectivity index (χ3n) is 3.21. The van der Waals surface area contributed by atoms with E-state index in [9.17, 15) is 4.79 Å². The summed E-state index contributed by atoms with van der Waals surface area (Å²) in [5.74, 6) is 0.200. The average molecular weight is 344 g/mol. The van der Waals surface area contributed by atoms with Gasteiger partial charge in [-0.3, -0.25) is 12.9 Å². The molecule has 2 rings (SSSR count). The van der Waals surface area contributed by atoms with Gasteiger partial charge in [-0.2, -0.15) is 0 Å². The molecule has 1 aromatic heterocycles. The number of pyridine rings is 1. The summed E-state index contributed by atoms with van der Waals surface area (Å²) in [5, 5.41) is 0. The number of carbonyl (C=O) groups is 1. The van der Waals surface area contributed by atoms with E-state index in [0.717, 1.165) is 18.4 Å². The van der Waals surface area contributed by atoms with E-state index in [1.807, 2.05) is 15.2 Å². The van der Waals surface area contributed by atoms with Crippen LogP contribution in [0.1, 0.15) is 37.7 Å². The maximum Gasteiger partial charge on any atom is 0.235 e. The van der Waals surface area contributed by atoms with Gasteiger partial charge in [0.1, 0.15) is 0 Å². The van der Waals surface area contributed by atoms with Gasteiger partial charge in [-0.1, -0.05) is 25.3 Å². The zero-order valence-electron chi connectivity index (χ0n) is 9.81. The molecule has 0 atom stereocenters. The number of carbonyl (C=O) groups excluding carboxylic acids is 1. The Hall–Kier alpha value is -0.650. The van der Waals surface area contributed by atoms with Gasteiger partial charge in [0.2, 0.25) is 5.91 Å². The lowest BCUT2D eigenvalue weighted by molar-refractivity contribution is -0.126. The van der Waals surface area contributed by atoms with Crippen molar-refractivity contribution in [3.8, 4) is 0 Å². The highest BCUT2D eigenvalue weighted by molar-refractivity contribution is 14.1. The van der Waals surface area contributed by atoms with Crippen LogP contribution >= 0.6 is 22.9 Å². The van der Waals surface area contributed by atoms with Gasteiger partial charge in [0.05, 0.1) is 29.3 Å². The van der Waals surface area contributed by atoms with Crippen LogP contribution in [-0.2, 0) is 11.2 Å². The number of aromatic nitrogens is 1. The van der Waals surface area contributed by atoms with Crippen LogP contribution in [0.5, 0.6) is 0 Å². The number of nitrogens with zero attached hydrogens (tertiary/aromatic N) is 2. The highest BCUT2D eigenvalue weighted by Crippen LogP contribution is 2.25. The molecule has 0 radical (unpaired) electrons. The normalized spacial score (nSPS) is 16.8. The van der Waals surface area contributed by atoms with Crippen molar-refractivity contribution in [2.75, 3.05) is 0 Å². The molecule has 0 spiro atoms. The van der Waals surface area contributed by atoms with Crippen molar-refractivity contribution in [3.63, 3.8) is 0 Å². The Morgan fingerprint density at radius 2 is 2.18 bits per heavy atom. The van der Waals surface area contributed by atoms with E-state index in [-0.39, 0.29) is 5.91 Å². The van der Waals surface area contributed by atoms with Gasteiger partial charge in [-0.25, -0.2) is 0 Å². The second-order valence-corrected chi connectivity index (χ2v) is 5.57. The molecular weight excluding hydrogens is 327 g/mol. The van der Waals surface area contributed by atoms with Crippen molar-refractivity contribution in [1.82, 2.24) is 8.10 Å². The van der Waals surface area contributed by atoms with E-state index in [1.165, 1.54) is 19.3 Å². The molecule has 0 unspecified atom stereocenters. The zero-order chi connectivity index (χ0) is 12.1. The van der Waals surface area contributed by atoms with Crippen molar-refractivity contribution < 1.29 is 4.79 Å². The zero-order valence-corrected chi connectivity index (χ0v) is 12.0. The summed E-state index contributed by atoms with van der Waals surface area (Å²) in [4.78, 5) is 16.1. The minimum Gasteiger partial charge on any atom is -0.282 e. The molecular formula is C13H17IN2O. The quantitative estimate of drug-likeness (QED) is 0.624. The summed E-state index contributed by atoms with van der Waals surface area (Å²) < 4.78 is 1.91. The lowest BCUT2D eigenvalue weighted by Gasteiger charge is -2.29. The summed E-state index contributed by atoms with van der Waals surface area (Å²) in [5.41, 5.74) is 0.995. The summed E-state index contributed by atoms with van der Waals surface area (Å²) in [6.07, 6.45) is 10.1. The van der Waals surface area contributed by atoms with Crippen molar-refractivity contribution in [2.24, 2.45) is 0 Å². The van der Waals surface area contributed by atoms with Gasteiger partial charge in [0, 0.05) is 18.4 Å². The average Bonchev–Trinajstić information content (AvgIpc) is 2.40. The fourth-order valence-corrected chi connectivity index (χ4v) is 2.99. The van der Waals surface area contributed by atoms with Gasteiger partial charge in [0.25, 0.3) is 0 Å². The van der Waals surface area contributed by atoms with E-state index >= 15 is 0 Å². The van der Waals surface area contributed by atoms with Crippen LogP contribution in [0.15, 0.2) is 24.5 Å². The predicted molar refractivity (Wildman–Crippen MR) is 75.7 cm³/mol. The fraction of sp³-hybridized carbons (Fsp3) is 0.538. The van der Waals surface area contributed by atoms with Crippen LogP contribution in [0, 0.1) is 0 Å². The summed E-state index contributed by atoms with van der Waals surface area (Å²) >= 11 is 2.18. The Labute approximate surface area is 116 Å². The lowest BCUT2D eigenvalue weighted by Crippen LogP contribution is -2.34. The molecule has 1 aromatic rings. The first-order valence-electron chi connectivity index (χ1n) is 6.14. The maximum atomic E-state index is 12.1. The van der Waals surface area contributed by atoms with Crippen LogP contribution in [0.25, 0.3) is 0 Å². The lowest BCUT2D eigenvalue weighted by atomic mass is 9.95. The SMILES string of the molecule is O=C(Cc1cccnc1)N(I)C1CCCCC1. The molecule has 0 aromatic carbocycles. The van der Waals surface area contributed by atoms with Gasteiger partial charge in [-0.05, 0) is 24.5 Å². The molecule has 1 saturated carbocycles. The molecule has 0 bridgehead atoms. The van der Waals surface area contributed by atoms with Crippen LogP contribution in [-0.4, -0.2) is 20.0 Å². The summed E-state index contributed by atoms with van der Waals surface area (Å²) in [6.45, 7) is 0. The number of hydrogen-bond acceptors (Lipinski definition) is 2. The molecule has 1 heterocycles. The highest BCUT2D eigenvalue weighted by Gasteiger charge is 2.23. The number of hydrogen-bond donors (Lipinski definition) is 0. The smallest absolute Gasteiger partial charge is 0.235 e. The first-order chi connectivity index (χ1) is 8.27. The van der Waals surface area contributed by atoms with Gasteiger partial charge in [-0.15, -0.1) is 0 Å². The minimum atomic E-state index is 0.200. The van der Waals surface area contributed by atoms with E-state index in [2.05, 4.69) is 27.8 Å². The molecule has 0 N–H and O–H groups in total. The first-order valence-corrected chi connectivity index (χ1v) is 7.10. The number of halogens is 1. The third kappa shape index (κ3) is 3.66. The molecule has 92 valence electrons. The van der Waals surface area contributed by atoms with Crippen molar-refractivity contribution in [2.45, 2.75) is 44.6 Å². The molecule has 0 saturated heterocycles. The highest BCUT2D eigenvalue weighted by atomic mass is 127. The molecule has 1 aliphatic carbocycles. The first kappa shape index (κ1) is 12.8. The van der Waals surface area contributed by atoms with E-state index in [0.29, 0.717) is 12.5 Å². The van der Waals surface area contributed by atoms with Crippen LogP contribution in [0.2, 0.25) is 0 Å². The van der Waals surface area contributed by atoms with Crippen molar-refractivity contribution in [3.05, 3.63) is 30.1 Å². The Balaban J connectivity index is 1.90. The molecule has 0 aliphatic heterocycles. The van der Waals surface area contributed by atoms with E-state index < -0.39 is 0 Å². The molecule has 3 nitrogen and oxygen atoms in total. The Morgan fingerprint density at radius 1 is 1.41 bits per heavy atom. The minimum absolute atomic E-state index is 0.200. The van der Waals surface area contributed by atoms with Gasteiger partial charge in [0.15, 0.2) is 0 Å². The van der Waals surface area contributed by atoms with Crippen molar-refractivity contribution in [1.29, 1.82) is 0 Å². The van der Waals surface area contributed by atoms with E-state index in [4.69, 9.17) is 0 Å². The van der Waals surface area contributed by atoms with Gasteiger partial charge < -0.3 is 0 Å². The maximum absolute atomic E-state index is 12.1. The Bertz CT molecular complexity index is 363. The third-order valence-corrected chi connectivity index (χ3v) is 4.54. The van der Waals surface area contributed by atoms with Crippen LogP contribution in [0.4, 0.5) is 0 Å². The standard InChI is InChI=1S/C13H17IN2O/c14-16(12-6-2-1-3-7-12)13(17)9-11-5-4-8-15-10-11/h4-5,8,10,12H,1-3,6-7,9H2. The predicted octanol–water partition coefficient (Wildman–Crippen LogP) is 3.14. The van der Waals surface area contributed by atoms with Crippen LogP contribution < -0.4 is 0 Å². The Kier molecular flexibility index (Phi) is 4.76. The molecule has 1 fully saturated rings. The largest absolute Gasteiger partial charge is 0.282 e. The van der Waals surface area contributed by atoms with Crippen molar-refractivity contribution >= 4 is 28.8 Å². The summed E-state index contributed by atoms with van der Waals surface area (Å²) in [6, 6.07) is 4.27. The second kappa shape index (κ2) is 6.33. The molecule has 4 heteroatoms. The molecule has 1 aliphatic rings.